The molecule has 0 aromatic heterocycles. The lowest BCUT2D eigenvalue weighted by Crippen LogP contribution is -2.33. The Bertz CT molecular complexity index is 445. The van der Waals surface area contributed by atoms with Crippen LogP contribution in [0.25, 0.3) is 0 Å². The fourth-order valence-electron chi connectivity index (χ4n) is 1.79. The van der Waals surface area contributed by atoms with Crippen molar-refractivity contribution < 1.29 is 9.59 Å². The summed E-state index contributed by atoms with van der Waals surface area (Å²) in [4.78, 5) is 22.8. The summed E-state index contributed by atoms with van der Waals surface area (Å²) in [6.45, 7) is 0.983. The molecule has 1 heterocycles. The molecule has 0 atom stereocenters. The van der Waals surface area contributed by atoms with Crippen molar-refractivity contribution in [1.82, 2.24) is 5.43 Å². The average molecular weight is 233 g/mol. The first kappa shape index (κ1) is 11.6. The molecule has 2 rings (SSSR count). The number of hydrazine groups is 1. The molecule has 0 radical (unpaired) electrons. The van der Waals surface area contributed by atoms with Crippen LogP contribution in [0.15, 0.2) is 24.3 Å². The van der Waals surface area contributed by atoms with Gasteiger partial charge in [0.25, 0.3) is 0 Å². The molecule has 17 heavy (non-hydrogen) atoms. The van der Waals surface area contributed by atoms with Gasteiger partial charge >= 0.3 is 0 Å². The molecule has 90 valence electrons. The van der Waals surface area contributed by atoms with Crippen LogP contribution in [0.5, 0.6) is 0 Å². The maximum atomic E-state index is 11.7. The Labute approximate surface area is 99.6 Å². The highest BCUT2D eigenvalue weighted by Crippen LogP contribution is 2.18. The van der Waals surface area contributed by atoms with E-state index in [-0.39, 0.29) is 11.7 Å². The van der Waals surface area contributed by atoms with Crippen molar-refractivity contribution in [2.75, 3.05) is 18.1 Å². The fourth-order valence-corrected chi connectivity index (χ4v) is 1.79. The fraction of sp³-hybridized carbons (Fsp3) is 0.333. The Hall–Kier alpha value is -1.88. The van der Waals surface area contributed by atoms with Crippen molar-refractivity contribution in [1.29, 1.82) is 0 Å². The van der Waals surface area contributed by atoms with Gasteiger partial charge in [-0.1, -0.05) is 12.1 Å². The van der Waals surface area contributed by atoms with Crippen molar-refractivity contribution in [3.63, 3.8) is 0 Å². The Kier molecular flexibility index (Phi) is 3.39. The van der Waals surface area contributed by atoms with Gasteiger partial charge < -0.3 is 5.73 Å². The van der Waals surface area contributed by atoms with E-state index >= 15 is 0 Å². The highest BCUT2D eigenvalue weighted by atomic mass is 16.2. The highest BCUT2D eigenvalue weighted by Gasteiger charge is 2.19. The summed E-state index contributed by atoms with van der Waals surface area (Å²) in [7, 11) is 0. The predicted octanol–water partition coefficient (Wildman–Crippen LogP) is 0.459. The summed E-state index contributed by atoms with van der Waals surface area (Å²) in [6.07, 6.45) is 0.830. The first-order valence-corrected chi connectivity index (χ1v) is 5.61. The van der Waals surface area contributed by atoms with Gasteiger partial charge in [-0.2, -0.15) is 0 Å². The van der Waals surface area contributed by atoms with Crippen LogP contribution in [0.2, 0.25) is 0 Å². The SMILES string of the molecule is NCCC(=O)c1cccc(N2CCC(=O)N2)c1. The summed E-state index contributed by atoms with van der Waals surface area (Å²) >= 11 is 0. The Morgan fingerprint density at radius 2 is 2.29 bits per heavy atom. The minimum Gasteiger partial charge on any atom is -0.330 e. The number of nitrogens with one attached hydrogen (secondary N) is 1. The van der Waals surface area contributed by atoms with E-state index in [0.29, 0.717) is 31.5 Å². The summed E-state index contributed by atoms with van der Waals surface area (Å²) in [5.74, 6) is 0.0311. The number of carbonyl (C=O) groups is 2. The van der Waals surface area contributed by atoms with E-state index < -0.39 is 0 Å². The van der Waals surface area contributed by atoms with Gasteiger partial charge in [0.15, 0.2) is 5.78 Å². The van der Waals surface area contributed by atoms with Crippen LogP contribution in [0.3, 0.4) is 0 Å². The minimum absolute atomic E-state index is 0.00341. The first-order chi connectivity index (χ1) is 8.20. The number of hydrogen-bond acceptors (Lipinski definition) is 4. The molecule has 1 fully saturated rings. The normalized spacial score (nSPS) is 14.9. The third-order valence-corrected chi connectivity index (χ3v) is 2.67. The van der Waals surface area contributed by atoms with E-state index in [1.165, 1.54) is 0 Å². The molecule has 0 unspecified atom stereocenters. The van der Waals surface area contributed by atoms with E-state index in [4.69, 9.17) is 5.73 Å². The van der Waals surface area contributed by atoms with Gasteiger partial charge in [-0.15, -0.1) is 0 Å². The van der Waals surface area contributed by atoms with Crippen LogP contribution in [0.4, 0.5) is 5.69 Å². The van der Waals surface area contributed by atoms with Crippen molar-refractivity contribution in [2.45, 2.75) is 12.8 Å². The van der Waals surface area contributed by atoms with Crippen LogP contribution in [0.1, 0.15) is 23.2 Å². The molecule has 1 aromatic rings. The van der Waals surface area contributed by atoms with Gasteiger partial charge in [0, 0.05) is 24.9 Å². The van der Waals surface area contributed by atoms with E-state index in [1.54, 1.807) is 17.1 Å². The van der Waals surface area contributed by atoms with E-state index in [1.807, 2.05) is 12.1 Å². The molecule has 1 aromatic carbocycles. The number of nitrogens with two attached hydrogens (primary N) is 1. The lowest BCUT2D eigenvalue weighted by molar-refractivity contribution is -0.119. The van der Waals surface area contributed by atoms with Crippen molar-refractivity contribution >= 4 is 17.4 Å². The van der Waals surface area contributed by atoms with Gasteiger partial charge in [0.05, 0.1) is 5.69 Å². The number of Topliss-reactive ketones (excluding diaryl/α,β-unsaturated/α-hetero) is 1. The topological polar surface area (TPSA) is 75.4 Å². The van der Waals surface area contributed by atoms with Crippen molar-refractivity contribution in [3.05, 3.63) is 29.8 Å². The number of nitrogens with zero attached hydrogens (tertiary/aromatic N) is 1. The standard InChI is InChI=1S/C12H15N3O2/c13-6-4-11(16)9-2-1-3-10(8-9)15-7-5-12(17)14-15/h1-3,8H,4-7,13H2,(H,14,17). The summed E-state index contributed by atoms with van der Waals surface area (Å²) in [5, 5.41) is 1.75. The predicted molar refractivity (Wildman–Crippen MR) is 64.5 cm³/mol. The van der Waals surface area contributed by atoms with Crippen LogP contribution >= 0.6 is 0 Å². The summed E-state index contributed by atoms with van der Waals surface area (Å²) in [6, 6.07) is 7.22. The highest BCUT2D eigenvalue weighted by molar-refractivity contribution is 5.97. The number of hydrogen-bond donors (Lipinski definition) is 2. The molecule has 5 nitrogen and oxygen atoms in total. The maximum Gasteiger partial charge on any atom is 0.240 e. The van der Waals surface area contributed by atoms with Gasteiger partial charge in [0.1, 0.15) is 0 Å². The molecule has 3 N–H and O–H groups in total. The third-order valence-electron chi connectivity index (χ3n) is 2.67. The van der Waals surface area contributed by atoms with Crippen LogP contribution in [-0.4, -0.2) is 24.8 Å². The molecule has 1 saturated heterocycles. The average Bonchev–Trinajstić information content (AvgIpc) is 2.76. The molecular formula is C12H15N3O2. The molecule has 0 saturated carbocycles. The molecule has 1 aliphatic rings. The molecular weight excluding hydrogens is 218 g/mol. The molecule has 1 aliphatic heterocycles. The van der Waals surface area contributed by atoms with Crippen LogP contribution in [0, 0.1) is 0 Å². The maximum absolute atomic E-state index is 11.7. The Balaban J connectivity index is 2.16. The van der Waals surface area contributed by atoms with E-state index in [2.05, 4.69) is 5.43 Å². The molecule has 0 spiro atoms. The lowest BCUT2D eigenvalue weighted by Gasteiger charge is -2.17. The quantitative estimate of drug-likeness (QED) is 0.741. The summed E-state index contributed by atoms with van der Waals surface area (Å²) in [5.41, 5.74) is 9.55. The van der Waals surface area contributed by atoms with Crippen LogP contribution < -0.4 is 16.2 Å². The van der Waals surface area contributed by atoms with Gasteiger partial charge in [-0.3, -0.25) is 20.0 Å². The van der Waals surface area contributed by atoms with Crippen molar-refractivity contribution in [3.8, 4) is 0 Å². The zero-order chi connectivity index (χ0) is 12.3. The summed E-state index contributed by atoms with van der Waals surface area (Å²) < 4.78 is 0. The lowest BCUT2D eigenvalue weighted by atomic mass is 10.1. The van der Waals surface area contributed by atoms with Gasteiger partial charge in [-0.05, 0) is 18.7 Å². The smallest absolute Gasteiger partial charge is 0.240 e. The number of rotatable bonds is 4. The number of benzene rings is 1. The second kappa shape index (κ2) is 4.97. The van der Waals surface area contributed by atoms with Gasteiger partial charge in [-0.25, -0.2) is 0 Å². The third kappa shape index (κ3) is 2.62. The number of amides is 1. The number of ketones is 1. The monoisotopic (exact) mass is 233 g/mol. The number of anilines is 1. The molecule has 0 bridgehead atoms. The first-order valence-electron chi connectivity index (χ1n) is 5.61. The van der Waals surface area contributed by atoms with Gasteiger partial charge in [0.2, 0.25) is 5.91 Å². The molecule has 0 aliphatic carbocycles. The van der Waals surface area contributed by atoms with E-state index in [9.17, 15) is 9.59 Å². The zero-order valence-corrected chi connectivity index (χ0v) is 9.48. The minimum atomic E-state index is 0.00341. The second-order valence-electron chi connectivity index (χ2n) is 3.95. The largest absolute Gasteiger partial charge is 0.330 e. The van der Waals surface area contributed by atoms with E-state index in [0.717, 1.165) is 5.69 Å². The molecule has 1 amide bonds. The second-order valence-corrected chi connectivity index (χ2v) is 3.95. The van der Waals surface area contributed by atoms with Crippen molar-refractivity contribution in [2.24, 2.45) is 5.73 Å². The zero-order valence-electron chi connectivity index (χ0n) is 9.48. The number of carbonyl (C=O) groups excluding carboxylic acids is 2. The Morgan fingerprint density at radius 1 is 1.47 bits per heavy atom. The Morgan fingerprint density at radius 3 is 2.94 bits per heavy atom. The van der Waals surface area contributed by atoms with Crippen LogP contribution in [-0.2, 0) is 4.79 Å². The molecule has 5 heteroatoms.